The summed E-state index contributed by atoms with van der Waals surface area (Å²) in [6.45, 7) is 0.760. The minimum absolute atomic E-state index is 0.247. The Morgan fingerprint density at radius 3 is 2.70 bits per heavy atom. The summed E-state index contributed by atoms with van der Waals surface area (Å²) in [5, 5.41) is 20.9. The minimum Gasteiger partial charge on any atom is -0.487 e. The van der Waals surface area contributed by atoms with Crippen LogP contribution in [0.2, 0.25) is 0 Å². The maximum Gasteiger partial charge on any atom is 0.200 e. The molecule has 1 saturated carbocycles. The van der Waals surface area contributed by atoms with Gasteiger partial charge in [0.25, 0.3) is 0 Å². The van der Waals surface area contributed by atoms with E-state index in [0.29, 0.717) is 12.5 Å². The average molecular weight is 327 g/mol. The summed E-state index contributed by atoms with van der Waals surface area (Å²) in [7, 11) is 0. The number of nitrogens with zero attached hydrogens (tertiary/aromatic N) is 1. The van der Waals surface area contributed by atoms with Crippen LogP contribution in [0.5, 0.6) is 5.75 Å². The van der Waals surface area contributed by atoms with Gasteiger partial charge >= 0.3 is 0 Å². The van der Waals surface area contributed by atoms with Crippen LogP contribution in [0, 0.1) is 11.6 Å². The minimum atomic E-state index is -1.47. The zero-order valence-corrected chi connectivity index (χ0v) is 13.0. The Hall–Kier alpha value is -1.24. The first-order chi connectivity index (χ1) is 11.0. The second kappa shape index (κ2) is 6.71. The van der Waals surface area contributed by atoms with Crippen molar-refractivity contribution in [3.8, 4) is 5.75 Å². The van der Waals surface area contributed by atoms with Gasteiger partial charge in [-0.2, -0.15) is 4.39 Å². The van der Waals surface area contributed by atoms with Crippen molar-refractivity contribution in [3.63, 3.8) is 0 Å². The number of hydrogen-bond acceptors (Lipinski definition) is 4. The van der Waals surface area contributed by atoms with E-state index >= 15 is 0 Å². The van der Waals surface area contributed by atoms with Crippen molar-refractivity contribution in [3.05, 3.63) is 29.8 Å². The number of benzene rings is 1. The molecule has 2 N–H and O–H groups in total. The predicted octanol–water partition coefficient (Wildman–Crippen LogP) is 2.08. The maximum absolute atomic E-state index is 13.6. The predicted molar refractivity (Wildman–Crippen MR) is 81.3 cm³/mol. The second-order valence-electron chi connectivity index (χ2n) is 6.66. The molecule has 0 aromatic heterocycles. The van der Waals surface area contributed by atoms with Crippen molar-refractivity contribution >= 4 is 0 Å². The molecule has 0 amide bonds. The van der Waals surface area contributed by atoms with Gasteiger partial charge in [-0.15, -0.1) is 0 Å². The molecular weight excluding hydrogens is 304 g/mol. The van der Waals surface area contributed by atoms with Gasteiger partial charge in [0.2, 0.25) is 5.82 Å². The fourth-order valence-corrected chi connectivity index (χ4v) is 3.61. The Morgan fingerprint density at radius 2 is 1.96 bits per heavy atom. The summed E-state index contributed by atoms with van der Waals surface area (Å²) in [6.07, 6.45) is 4.09. The van der Waals surface area contributed by atoms with Gasteiger partial charge in [-0.1, -0.05) is 18.9 Å². The number of β-amino-alcohol motifs (C(OH)–C–C–N with tert-alkyl or cyclic N) is 1. The lowest BCUT2D eigenvalue weighted by atomic mass is 9.89. The van der Waals surface area contributed by atoms with Crippen LogP contribution in [0.3, 0.4) is 0 Å². The fourth-order valence-electron chi connectivity index (χ4n) is 3.61. The first kappa shape index (κ1) is 16.6. The zero-order valence-electron chi connectivity index (χ0n) is 13.0. The molecule has 0 bridgehead atoms. The van der Waals surface area contributed by atoms with E-state index in [4.69, 9.17) is 4.74 Å². The molecule has 1 aromatic carbocycles. The van der Waals surface area contributed by atoms with E-state index in [0.717, 1.165) is 25.5 Å². The van der Waals surface area contributed by atoms with Crippen LogP contribution in [0.4, 0.5) is 8.78 Å². The number of halogens is 2. The van der Waals surface area contributed by atoms with Gasteiger partial charge in [-0.05, 0) is 31.4 Å². The Balaban J connectivity index is 1.67. The largest absolute Gasteiger partial charge is 0.487 e. The highest BCUT2D eigenvalue weighted by molar-refractivity contribution is 5.25. The van der Waals surface area contributed by atoms with E-state index in [2.05, 4.69) is 4.90 Å². The molecule has 3 rings (SSSR count). The van der Waals surface area contributed by atoms with Crippen LogP contribution < -0.4 is 4.74 Å². The van der Waals surface area contributed by atoms with Gasteiger partial charge in [0.1, 0.15) is 12.2 Å². The third-order valence-corrected chi connectivity index (χ3v) is 5.02. The van der Waals surface area contributed by atoms with Crippen molar-refractivity contribution in [1.29, 1.82) is 0 Å². The SMILES string of the molecule is O[C@H]1CCN(C2CCCC2)C[C@]1(O)COc1cccc(F)c1F. The first-order valence-electron chi connectivity index (χ1n) is 8.21. The zero-order chi connectivity index (χ0) is 16.4. The van der Waals surface area contributed by atoms with Gasteiger partial charge in [-0.25, -0.2) is 4.39 Å². The van der Waals surface area contributed by atoms with Gasteiger partial charge in [0.05, 0.1) is 6.10 Å². The van der Waals surface area contributed by atoms with Crippen LogP contribution >= 0.6 is 0 Å². The number of likely N-dealkylation sites (tertiary alicyclic amines) is 1. The average Bonchev–Trinajstić information content (AvgIpc) is 3.06. The molecule has 1 saturated heterocycles. The van der Waals surface area contributed by atoms with Gasteiger partial charge in [-0.3, -0.25) is 4.90 Å². The number of hydrogen-bond donors (Lipinski definition) is 2. The molecule has 0 radical (unpaired) electrons. The van der Waals surface area contributed by atoms with Crippen LogP contribution in [0.25, 0.3) is 0 Å². The molecule has 1 aromatic rings. The van der Waals surface area contributed by atoms with E-state index in [9.17, 15) is 19.0 Å². The Labute approximate surface area is 134 Å². The van der Waals surface area contributed by atoms with Crippen LogP contribution in [-0.4, -0.2) is 52.6 Å². The monoisotopic (exact) mass is 327 g/mol. The Bertz CT molecular complexity index is 551. The highest BCUT2D eigenvalue weighted by Gasteiger charge is 2.44. The van der Waals surface area contributed by atoms with Crippen LogP contribution in [-0.2, 0) is 0 Å². The molecule has 2 aliphatic rings. The number of rotatable bonds is 4. The third-order valence-electron chi connectivity index (χ3n) is 5.02. The van der Waals surface area contributed by atoms with Gasteiger partial charge < -0.3 is 14.9 Å². The lowest BCUT2D eigenvalue weighted by Crippen LogP contribution is -2.61. The fraction of sp³-hybridized carbons (Fsp3) is 0.647. The number of piperidine rings is 1. The molecule has 23 heavy (non-hydrogen) atoms. The highest BCUT2D eigenvalue weighted by atomic mass is 19.2. The third kappa shape index (κ3) is 3.49. The maximum atomic E-state index is 13.6. The standard InChI is InChI=1S/C17H23F2NO3/c18-13-6-3-7-14(16(13)19)23-11-17(22)10-20(9-8-15(17)21)12-4-1-2-5-12/h3,6-7,12,15,21-22H,1-2,4-5,8-11H2/t15-,17-/m0/s1. The molecule has 1 heterocycles. The lowest BCUT2D eigenvalue weighted by molar-refractivity contribution is -0.145. The van der Waals surface area contributed by atoms with E-state index in [1.54, 1.807) is 0 Å². The molecular formula is C17H23F2NO3. The number of ether oxygens (including phenoxy) is 1. The number of aliphatic hydroxyl groups is 2. The topological polar surface area (TPSA) is 52.9 Å². The van der Waals surface area contributed by atoms with Crippen molar-refractivity contribution in [1.82, 2.24) is 4.90 Å². The molecule has 0 unspecified atom stereocenters. The Morgan fingerprint density at radius 1 is 1.22 bits per heavy atom. The van der Waals surface area contributed by atoms with E-state index < -0.39 is 23.3 Å². The van der Waals surface area contributed by atoms with E-state index in [1.165, 1.54) is 25.0 Å². The second-order valence-corrected chi connectivity index (χ2v) is 6.66. The molecule has 6 heteroatoms. The molecule has 1 aliphatic carbocycles. The molecule has 0 spiro atoms. The number of aliphatic hydroxyl groups excluding tert-OH is 1. The quantitative estimate of drug-likeness (QED) is 0.889. The first-order valence-corrected chi connectivity index (χ1v) is 8.21. The summed E-state index contributed by atoms with van der Waals surface area (Å²) in [4.78, 5) is 2.19. The Kier molecular flexibility index (Phi) is 4.85. The summed E-state index contributed by atoms with van der Waals surface area (Å²) < 4.78 is 32.1. The normalized spacial score (nSPS) is 29.8. The van der Waals surface area contributed by atoms with Crippen molar-refractivity contribution in [2.45, 2.75) is 49.9 Å². The molecule has 128 valence electrons. The summed E-state index contributed by atoms with van der Waals surface area (Å²) >= 11 is 0. The lowest BCUT2D eigenvalue weighted by Gasteiger charge is -2.44. The van der Waals surface area contributed by atoms with Crippen molar-refractivity contribution < 1.29 is 23.7 Å². The summed E-state index contributed by atoms with van der Waals surface area (Å²) in [5.41, 5.74) is -1.47. The molecule has 2 fully saturated rings. The van der Waals surface area contributed by atoms with Crippen molar-refractivity contribution in [2.75, 3.05) is 19.7 Å². The van der Waals surface area contributed by atoms with Gasteiger partial charge in [0.15, 0.2) is 11.6 Å². The smallest absolute Gasteiger partial charge is 0.200 e. The van der Waals surface area contributed by atoms with Crippen molar-refractivity contribution in [2.24, 2.45) is 0 Å². The molecule has 2 atom stereocenters. The van der Waals surface area contributed by atoms with Crippen LogP contribution in [0.1, 0.15) is 32.1 Å². The molecule has 4 nitrogen and oxygen atoms in total. The summed E-state index contributed by atoms with van der Waals surface area (Å²) in [5.74, 6) is -2.32. The van der Waals surface area contributed by atoms with E-state index in [-0.39, 0.29) is 18.9 Å². The molecule has 1 aliphatic heterocycles. The van der Waals surface area contributed by atoms with Crippen LogP contribution in [0.15, 0.2) is 18.2 Å². The van der Waals surface area contributed by atoms with E-state index in [1.807, 2.05) is 0 Å². The summed E-state index contributed by atoms with van der Waals surface area (Å²) in [6, 6.07) is 4.10. The van der Waals surface area contributed by atoms with Gasteiger partial charge in [0, 0.05) is 19.1 Å². The highest BCUT2D eigenvalue weighted by Crippen LogP contribution is 2.31.